The van der Waals surface area contributed by atoms with E-state index in [9.17, 15) is 14.0 Å². The number of thiophene rings is 1. The van der Waals surface area contributed by atoms with Gasteiger partial charge in [-0.3, -0.25) is 4.79 Å². The zero-order valence-corrected chi connectivity index (χ0v) is 15.5. The first-order valence-electron chi connectivity index (χ1n) is 8.56. The molecule has 1 aromatic heterocycles. The summed E-state index contributed by atoms with van der Waals surface area (Å²) in [4.78, 5) is 27.0. The van der Waals surface area contributed by atoms with Crippen molar-refractivity contribution >= 4 is 33.3 Å². The van der Waals surface area contributed by atoms with Gasteiger partial charge in [0.05, 0.1) is 0 Å². The van der Waals surface area contributed by atoms with E-state index in [0.717, 1.165) is 19.3 Å². The van der Waals surface area contributed by atoms with Crippen LogP contribution in [0.25, 0.3) is 10.1 Å². The second-order valence-electron chi connectivity index (χ2n) is 6.68. The van der Waals surface area contributed by atoms with Crippen molar-refractivity contribution in [3.63, 3.8) is 0 Å². The maximum Gasteiger partial charge on any atom is 0.349 e. The zero-order chi connectivity index (χ0) is 18.1. The monoisotopic (exact) mass is 363 g/mol. The van der Waals surface area contributed by atoms with Crippen LogP contribution >= 0.6 is 11.3 Å². The van der Waals surface area contributed by atoms with Gasteiger partial charge >= 0.3 is 5.97 Å². The summed E-state index contributed by atoms with van der Waals surface area (Å²) < 4.78 is 19.9. The van der Waals surface area contributed by atoms with E-state index in [1.54, 1.807) is 19.1 Å². The number of hydrogen-bond acceptors (Lipinski definition) is 4. The first kappa shape index (κ1) is 17.9. The van der Waals surface area contributed by atoms with Crippen LogP contribution < -0.4 is 0 Å². The summed E-state index contributed by atoms with van der Waals surface area (Å²) in [5.74, 6) is -1.08. The molecule has 0 spiro atoms. The van der Waals surface area contributed by atoms with Gasteiger partial charge in [0.2, 0.25) is 0 Å². The Hall–Kier alpha value is -1.95. The smallest absolute Gasteiger partial charge is 0.349 e. The van der Waals surface area contributed by atoms with Crippen LogP contribution in [0.3, 0.4) is 0 Å². The van der Waals surface area contributed by atoms with Gasteiger partial charge in [-0.1, -0.05) is 6.07 Å². The molecule has 4 nitrogen and oxygen atoms in total. The van der Waals surface area contributed by atoms with E-state index in [0.29, 0.717) is 20.5 Å². The number of ether oxygens (including phenoxy) is 1. The first-order valence-corrected chi connectivity index (χ1v) is 9.37. The summed E-state index contributed by atoms with van der Waals surface area (Å²) in [6, 6.07) is 5.09. The summed E-state index contributed by atoms with van der Waals surface area (Å²) in [6.07, 6.45) is 3.05. The molecule has 0 N–H and O–H groups in total. The van der Waals surface area contributed by atoms with Crippen LogP contribution in [-0.2, 0) is 9.53 Å². The van der Waals surface area contributed by atoms with Crippen LogP contribution in [0.5, 0.6) is 0 Å². The number of likely N-dealkylation sites (tertiary alicyclic amines) is 1. The highest BCUT2D eigenvalue weighted by molar-refractivity contribution is 7.21. The molecule has 2 heterocycles. The maximum atomic E-state index is 14.0. The molecule has 3 rings (SSSR count). The molecule has 1 fully saturated rings. The van der Waals surface area contributed by atoms with Gasteiger partial charge in [-0.25, -0.2) is 9.18 Å². The maximum absolute atomic E-state index is 14.0. The van der Waals surface area contributed by atoms with Crippen LogP contribution in [0.2, 0.25) is 0 Å². The SMILES string of the molecule is Cc1c(C(=O)OCC(=O)N2[C@H](C)CCC[C@@H]2C)sc2cccc(F)c12. The lowest BCUT2D eigenvalue weighted by atomic mass is 9.97. The van der Waals surface area contributed by atoms with Crippen LogP contribution in [0.4, 0.5) is 4.39 Å². The van der Waals surface area contributed by atoms with Crippen molar-refractivity contribution in [1.29, 1.82) is 0 Å². The predicted octanol–water partition coefficient (Wildman–Crippen LogP) is 4.30. The molecule has 6 heteroatoms. The van der Waals surface area contributed by atoms with Crippen molar-refractivity contribution in [3.05, 3.63) is 34.5 Å². The van der Waals surface area contributed by atoms with E-state index >= 15 is 0 Å². The molecule has 2 aromatic rings. The fourth-order valence-electron chi connectivity index (χ4n) is 3.63. The molecule has 1 aromatic carbocycles. The van der Waals surface area contributed by atoms with Gasteiger partial charge in [0, 0.05) is 22.2 Å². The molecule has 0 saturated carbocycles. The number of halogens is 1. The number of aryl methyl sites for hydroxylation is 1. The van der Waals surface area contributed by atoms with Crippen LogP contribution in [-0.4, -0.2) is 35.5 Å². The highest BCUT2D eigenvalue weighted by atomic mass is 32.1. The number of esters is 1. The van der Waals surface area contributed by atoms with E-state index in [1.807, 2.05) is 18.7 Å². The molecule has 25 heavy (non-hydrogen) atoms. The molecular formula is C19H22FNO3S. The summed E-state index contributed by atoms with van der Waals surface area (Å²) in [6.45, 7) is 5.47. The third-order valence-electron chi connectivity index (χ3n) is 4.90. The van der Waals surface area contributed by atoms with Crippen molar-refractivity contribution in [3.8, 4) is 0 Å². The number of nitrogens with zero attached hydrogens (tertiary/aromatic N) is 1. The van der Waals surface area contributed by atoms with Crippen LogP contribution in [0, 0.1) is 12.7 Å². The third-order valence-corrected chi connectivity index (χ3v) is 6.13. The standard InChI is InChI=1S/C19H22FNO3S/c1-11-6-4-7-12(2)21(11)16(22)10-24-19(23)18-13(3)17-14(20)8-5-9-15(17)25-18/h5,8-9,11-12H,4,6-7,10H2,1-3H3/t11-,12+. The highest BCUT2D eigenvalue weighted by Crippen LogP contribution is 2.33. The summed E-state index contributed by atoms with van der Waals surface area (Å²) >= 11 is 1.20. The van der Waals surface area contributed by atoms with Gasteiger partial charge in [-0.15, -0.1) is 11.3 Å². The van der Waals surface area contributed by atoms with Crippen molar-refractivity contribution < 1.29 is 18.7 Å². The van der Waals surface area contributed by atoms with Crippen molar-refractivity contribution in [2.45, 2.75) is 52.1 Å². The van der Waals surface area contributed by atoms with Crippen molar-refractivity contribution in [1.82, 2.24) is 4.90 Å². The molecule has 0 radical (unpaired) electrons. The minimum absolute atomic E-state index is 0.162. The van der Waals surface area contributed by atoms with Crippen molar-refractivity contribution in [2.75, 3.05) is 6.61 Å². The number of hydrogen-bond donors (Lipinski definition) is 0. The van der Waals surface area contributed by atoms with E-state index < -0.39 is 5.97 Å². The number of carbonyl (C=O) groups is 2. The fraction of sp³-hybridized carbons (Fsp3) is 0.474. The Labute approximate surface area is 150 Å². The molecular weight excluding hydrogens is 341 g/mol. The lowest BCUT2D eigenvalue weighted by Crippen LogP contribution is -2.49. The lowest BCUT2D eigenvalue weighted by molar-refractivity contribution is -0.140. The van der Waals surface area contributed by atoms with E-state index in [1.165, 1.54) is 17.4 Å². The Morgan fingerprint density at radius 1 is 1.28 bits per heavy atom. The average Bonchev–Trinajstić information content (AvgIpc) is 2.91. The number of benzene rings is 1. The van der Waals surface area contributed by atoms with Gasteiger partial charge in [0.25, 0.3) is 5.91 Å². The van der Waals surface area contributed by atoms with Crippen LogP contribution in [0.15, 0.2) is 18.2 Å². The largest absolute Gasteiger partial charge is 0.451 e. The number of amides is 1. The molecule has 1 aliphatic rings. The molecule has 1 saturated heterocycles. The molecule has 0 aliphatic carbocycles. The number of piperidine rings is 1. The Morgan fingerprint density at radius 2 is 1.96 bits per heavy atom. The molecule has 0 unspecified atom stereocenters. The minimum Gasteiger partial charge on any atom is -0.451 e. The molecule has 0 bridgehead atoms. The Morgan fingerprint density at radius 3 is 2.60 bits per heavy atom. The summed E-state index contributed by atoms with van der Waals surface area (Å²) in [5.41, 5.74) is 0.565. The Bertz CT molecular complexity index is 806. The Kier molecular flexibility index (Phi) is 5.08. The molecule has 134 valence electrons. The minimum atomic E-state index is -0.566. The first-order chi connectivity index (χ1) is 11.9. The Balaban J connectivity index is 1.72. The fourth-order valence-corrected chi connectivity index (χ4v) is 4.74. The van der Waals surface area contributed by atoms with E-state index in [-0.39, 0.29) is 30.4 Å². The normalized spacial score (nSPS) is 20.7. The lowest BCUT2D eigenvalue weighted by Gasteiger charge is -2.38. The molecule has 1 amide bonds. The topological polar surface area (TPSA) is 46.6 Å². The second-order valence-corrected chi connectivity index (χ2v) is 7.73. The van der Waals surface area contributed by atoms with Gasteiger partial charge < -0.3 is 9.64 Å². The van der Waals surface area contributed by atoms with Crippen molar-refractivity contribution in [2.24, 2.45) is 0 Å². The summed E-state index contributed by atoms with van der Waals surface area (Å²) in [7, 11) is 0. The van der Waals surface area contributed by atoms with Gasteiger partial charge in [-0.2, -0.15) is 0 Å². The number of fused-ring (bicyclic) bond motifs is 1. The average molecular weight is 363 g/mol. The van der Waals surface area contributed by atoms with Gasteiger partial charge in [0.1, 0.15) is 10.7 Å². The van der Waals surface area contributed by atoms with E-state index in [2.05, 4.69) is 0 Å². The molecule has 2 atom stereocenters. The van der Waals surface area contributed by atoms with E-state index in [4.69, 9.17) is 4.74 Å². The quantitative estimate of drug-likeness (QED) is 0.764. The highest BCUT2D eigenvalue weighted by Gasteiger charge is 2.30. The second kappa shape index (κ2) is 7.12. The number of rotatable bonds is 3. The van der Waals surface area contributed by atoms with Gasteiger partial charge in [0.15, 0.2) is 6.61 Å². The number of carbonyl (C=O) groups excluding carboxylic acids is 2. The predicted molar refractivity (Wildman–Crippen MR) is 96.4 cm³/mol. The van der Waals surface area contributed by atoms with Gasteiger partial charge in [-0.05, 0) is 57.7 Å². The van der Waals surface area contributed by atoms with Crippen LogP contribution in [0.1, 0.15) is 48.3 Å². The zero-order valence-electron chi connectivity index (χ0n) is 14.7. The molecule has 1 aliphatic heterocycles. The third kappa shape index (κ3) is 3.40. The summed E-state index contributed by atoms with van der Waals surface area (Å²) in [5, 5.41) is 0.448.